The van der Waals surface area contributed by atoms with E-state index in [1.165, 1.54) is 7.11 Å². The lowest BCUT2D eigenvalue weighted by Crippen LogP contribution is -2.48. The Morgan fingerprint density at radius 1 is 1.35 bits per heavy atom. The molecule has 0 aromatic heterocycles. The van der Waals surface area contributed by atoms with Gasteiger partial charge in [0.2, 0.25) is 6.79 Å². The number of hydrogen-bond donors (Lipinski definition) is 2. The Bertz CT molecular complexity index is 575. The maximum atomic E-state index is 11.7. The van der Waals surface area contributed by atoms with Crippen molar-refractivity contribution in [1.29, 1.82) is 0 Å². The zero-order valence-electron chi connectivity index (χ0n) is 12.9. The molecule has 126 valence electrons. The molecule has 0 saturated heterocycles. The third-order valence-electron chi connectivity index (χ3n) is 3.29. The van der Waals surface area contributed by atoms with Gasteiger partial charge in [0, 0.05) is 0 Å². The van der Waals surface area contributed by atoms with Gasteiger partial charge in [0.1, 0.15) is 0 Å². The SMILES string of the molecule is CCOC(=O)C(O)C(Cc1ccc2c(c1)OCO2)NC(=O)OC. The number of carbonyl (C=O) groups is 2. The normalized spacial score (nSPS) is 14.7. The van der Waals surface area contributed by atoms with E-state index in [4.69, 9.17) is 14.2 Å². The molecule has 2 rings (SSSR count). The van der Waals surface area contributed by atoms with Gasteiger partial charge < -0.3 is 29.4 Å². The molecule has 0 bridgehead atoms. The van der Waals surface area contributed by atoms with E-state index in [-0.39, 0.29) is 19.8 Å². The Morgan fingerprint density at radius 3 is 2.78 bits per heavy atom. The van der Waals surface area contributed by atoms with Crippen molar-refractivity contribution in [1.82, 2.24) is 5.32 Å². The summed E-state index contributed by atoms with van der Waals surface area (Å²) in [4.78, 5) is 23.2. The third kappa shape index (κ3) is 4.26. The maximum absolute atomic E-state index is 11.7. The minimum Gasteiger partial charge on any atom is -0.464 e. The highest BCUT2D eigenvalue weighted by Crippen LogP contribution is 2.32. The number of carbonyl (C=O) groups excluding carboxylic acids is 2. The van der Waals surface area contributed by atoms with Crippen LogP contribution in [0.4, 0.5) is 4.79 Å². The van der Waals surface area contributed by atoms with Gasteiger partial charge in [0.25, 0.3) is 0 Å². The van der Waals surface area contributed by atoms with Crippen LogP contribution in [0.25, 0.3) is 0 Å². The van der Waals surface area contributed by atoms with Crippen LogP contribution in [0, 0.1) is 0 Å². The topological polar surface area (TPSA) is 103 Å². The molecule has 2 N–H and O–H groups in total. The van der Waals surface area contributed by atoms with Gasteiger partial charge in [-0.15, -0.1) is 0 Å². The van der Waals surface area contributed by atoms with E-state index in [0.717, 1.165) is 5.56 Å². The van der Waals surface area contributed by atoms with Gasteiger partial charge >= 0.3 is 12.1 Å². The summed E-state index contributed by atoms with van der Waals surface area (Å²) in [5, 5.41) is 12.5. The summed E-state index contributed by atoms with van der Waals surface area (Å²) in [6.45, 7) is 1.91. The number of methoxy groups -OCH3 is 1. The predicted octanol–water partition coefficient (Wildman–Crippen LogP) is 0.606. The van der Waals surface area contributed by atoms with Crippen LogP contribution >= 0.6 is 0 Å². The smallest absolute Gasteiger partial charge is 0.407 e. The summed E-state index contributed by atoms with van der Waals surface area (Å²) in [6.07, 6.45) is -2.08. The third-order valence-corrected chi connectivity index (χ3v) is 3.29. The van der Waals surface area contributed by atoms with Gasteiger partial charge in [-0.1, -0.05) is 6.07 Å². The lowest BCUT2D eigenvalue weighted by molar-refractivity contribution is -0.154. The molecular formula is C15H19NO7. The van der Waals surface area contributed by atoms with Crippen LogP contribution < -0.4 is 14.8 Å². The number of esters is 1. The molecule has 0 radical (unpaired) electrons. The zero-order valence-corrected chi connectivity index (χ0v) is 12.9. The lowest BCUT2D eigenvalue weighted by Gasteiger charge is -2.22. The molecule has 8 nitrogen and oxygen atoms in total. The maximum Gasteiger partial charge on any atom is 0.407 e. The summed E-state index contributed by atoms with van der Waals surface area (Å²) >= 11 is 0. The van der Waals surface area contributed by atoms with E-state index in [0.29, 0.717) is 11.5 Å². The zero-order chi connectivity index (χ0) is 16.8. The van der Waals surface area contributed by atoms with E-state index in [2.05, 4.69) is 10.1 Å². The number of ether oxygens (including phenoxy) is 4. The molecule has 1 amide bonds. The standard InChI is InChI=1S/C15H19NO7/c1-3-21-14(18)13(17)10(16-15(19)20-2)6-9-4-5-11-12(7-9)23-8-22-11/h4-5,7,10,13,17H,3,6,8H2,1-2H3,(H,16,19). The second-order valence-electron chi connectivity index (χ2n) is 4.83. The van der Waals surface area contributed by atoms with Crippen molar-refractivity contribution in [2.45, 2.75) is 25.5 Å². The molecule has 2 unspecified atom stereocenters. The molecule has 0 spiro atoms. The van der Waals surface area contributed by atoms with E-state index in [1.54, 1.807) is 25.1 Å². The average Bonchev–Trinajstić information content (AvgIpc) is 3.01. The van der Waals surface area contributed by atoms with E-state index in [9.17, 15) is 14.7 Å². The molecule has 2 atom stereocenters. The number of aliphatic hydroxyl groups excluding tert-OH is 1. The van der Waals surface area contributed by atoms with Gasteiger partial charge in [-0.3, -0.25) is 0 Å². The second-order valence-corrected chi connectivity index (χ2v) is 4.83. The molecule has 8 heteroatoms. The number of rotatable bonds is 6. The number of hydrogen-bond acceptors (Lipinski definition) is 7. The Balaban J connectivity index is 2.13. The Morgan fingerprint density at radius 2 is 2.09 bits per heavy atom. The molecule has 0 fully saturated rings. The predicted molar refractivity (Wildman–Crippen MR) is 78.2 cm³/mol. The first-order valence-corrected chi connectivity index (χ1v) is 7.12. The number of nitrogens with one attached hydrogen (secondary N) is 1. The van der Waals surface area contributed by atoms with E-state index < -0.39 is 24.2 Å². The molecule has 1 aliphatic rings. The van der Waals surface area contributed by atoms with Crippen LogP contribution in [-0.4, -0.2) is 49.8 Å². The van der Waals surface area contributed by atoms with Crippen LogP contribution in [0.1, 0.15) is 12.5 Å². The van der Waals surface area contributed by atoms with E-state index in [1.807, 2.05) is 0 Å². The molecule has 0 aliphatic carbocycles. The monoisotopic (exact) mass is 325 g/mol. The fourth-order valence-corrected chi connectivity index (χ4v) is 2.17. The number of fused-ring (bicyclic) bond motifs is 1. The number of benzene rings is 1. The minimum atomic E-state index is -1.51. The number of aliphatic hydroxyl groups is 1. The molecule has 0 saturated carbocycles. The van der Waals surface area contributed by atoms with Crippen molar-refractivity contribution in [2.24, 2.45) is 0 Å². The highest BCUT2D eigenvalue weighted by molar-refractivity contribution is 5.77. The first-order valence-electron chi connectivity index (χ1n) is 7.12. The largest absolute Gasteiger partial charge is 0.464 e. The van der Waals surface area contributed by atoms with Crippen molar-refractivity contribution in [2.75, 3.05) is 20.5 Å². The molecule has 1 aromatic rings. The molecule has 23 heavy (non-hydrogen) atoms. The summed E-state index contributed by atoms with van der Waals surface area (Å²) in [5.41, 5.74) is 0.749. The first kappa shape index (κ1) is 16.9. The summed E-state index contributed by atoms with van der Waals surface area (Å²) < 4.78 is 19.8. The fraction of sp³-hybridized carbons (Fsp3) is 0.467. The number of alkyl carbamates (subject to hydrolysis) is 1. The molecule has 1 heterocycles. The van der Waals surface area contributed by atoms with Crippen LogP contribution in [0.2, 0.25) is 0 Å². The summed E-state index contributed by atoms with van der Waals surface area (Å²) in [6, 6.07) is 4.31. The first-order chi connectivity index (χ1) is 11.0. The van der Waals surface area contributed by atoms with E-state index >= 15 is 0 Å². The van der Waals surface area contributed by atoms with Crippen molar-refractivity contribution in [3.8, 4) is 11.5 Å². The minimum absolute atomic E-state index is 0.130. The van der Waals surface area contributed by atoms with Gasteiger partial charge in [0.15, 0.2) is 17.6 Å². The average molecular weight is 325 g/mol. The second kappa shape index (κ2) is 7.68. The van der Waals surface area contributed by atoms with Gasteiger partial charge in [-0.25, -0.2) is 9.59 Å². The van der Waals surface area contributed by atoms with Crippen molar-refractivity contribution in [3.63, 3.8) is 0 Å². The highest BCUT2D eigenvalue weighted by Gasteiger charge is 2.29. The summed E-state index contributed by atoms with van der Waals surface area (Å²) in [7, 11) is 1.20. The van der Waals surface area contributed by atoms with Crippen molar-refractivity contribution >= 4 is 12.1 Å². The highest BCUT2D eigenvalue weighted by atomic mass is 16.7. The number of amides is 1. The molecule has 1 aliphatic heterocycles. The van der Waals surface area contributed by atoms with Crippen molar-refractivity contribution in [3.05, 3.63) is 23.8 Å². The Kier molecular flexibility index (Phi) is 5.64. The summed E-state index contributed by atoms with van der Waals surface area (Å²) in [5.74, 6) is 0.386. The Hall–Kier alpha value is -2.48. The van der Waals surface area contributed by atoms with Crippen LogP contribution in [-0.2, 0) is 20.7 Å². The van der Waals surface area contributed by atoms with Crippen LogP contribution in [0.3, 0.4) is 0 Å². The van der Waals surface area contributed by atoms with Crippen LogP contribution in [0.5, 0.6) is 11.5 Å². The quantitative estimate of drug-likeness (QED) is 0.738. The van der Waals surface area contributed by atoms with Crippen LogP contribution in [0.15, 0.2) is 18.2 Å². The van der Waals surface area contributed by atoms with Gasteiger partial charge in [-0.05, 0) is 31.0 Å². The molecular weight excluding hydrogens is 306 g/mol. The van der Waals surface area contributed by atoms with Gasteiger partial charge in [0.05, 0.1) is 19.8 Å². The molecule has 1 aromatic carbocycles. The van der Waals surface area contributed by atoms with Crippen molar-refractivity contribution < 1.29 is 33.6 Å². The fourth-order valence-electron chi connectivity index (χ4n) is 2.17. The lowest BCUT2D eigenvalue weighted by atomic mass is 10.0. The Labute approximate surface area is 133 Å². The van der Waals surface area contributed by atoms with Gasteiger partial charge in [-0.2, -0.15) is 0 Å².